The van der Waals surface area contributed by atoms with Gasteiger partial charge in [-0.25, -0.2) is 4.79 Å². The minimum absolute atomic E-state index is 0.305. The van der Waals surface area contributed by atoms with Crippen LogP contribution in [0.15, 0.2) is 71.9 Å². The molecule has 0 aromatic heterocycles. The Labute approximate surface area is 158 Å². The lowest BCUT2D eigenvalue weighted by molar-refractivity contribution is -0.137. The van der Waals surface area contributed by atoms with Crippen molar-refractivity contribution in [2.24, 2.45) is 5.41 Å². The normalized spacial score (nSPS) is 20.7. The summed E-state index contributed by atoms with van der Waals surface area (Å²) in [6.07, 6.45) is 0. The molecule has 5 nitrogen and oxygen atoms in total. The number of carbonyl (C=O) groups excluding carboxylic acids is 1. The zero-order valence-corrected chi connectivity index (χ0v) is 15.1. The number of rotatable bonds is 3. The van der Waals surface area contributed by atoms with Crippen molar-refractivity contribution in [2.45, 2.75) is 18.9 Å². The number of nitriles is 2. The van der Waals surface area contributed by atoms with Crippen molar-refractivity contribution >= 4 is 5.97 Å². The van der Waals surface area contributed by atoms with Crippen LogP contribution in [0.1, 0.15) is 30.0 Å². The smallest absolute Gasteiger partial charge is 0.336 e. The van der Waals surface area contributed by atoms with Crippen molar-refractivity contribution < 1.29 is 9.53 Å². The number of nitrogens with zero attached hydrogens (tertiary/aromatic N) is 2. The van der Waals surface area contributed by atoms with Crippen molar-refractivity contribution in [3.8, 4) is 12.1 Å². The van der Waals surface area contributed by atoms with Crippen molar-refractivity contribution in [2.75, 3.05) is 7.11 Å². The van der Waals surface area contributed by atoms with E-state index in [2.05, 4.69) is 17.5 Å². The molecule has 2 unspecified atom stereocenters. The maximum Gasteiger partial charge on any atom is 0.336 e. The molecular formula is C22H19N3O2. The van der Waals surface area contributed by atoms with Gasteiger partial charge in [-0.2, -0.15) is 10.5 Å². The largest absolute Gasteiger partial charge is 0.466 e. The van der Waals surface area contributed by atoms with Crippen LogP contribution >= 0.6 is 0 Å². The molecule has 0 fully saturated rings. The van der Waals surface area contributed by atoms with E-state index in [1.807, 2.05) is 60.7 Å². The molecule has 134 valence electrons. The molecule has 2 aromatic rings. The van der Waals surface area contributed by atoms with Crippen LogP contribution in [0.5, 0.6) is 0 Å². The van der Waals surface area contributed by atoms with Crippen LogP contribution in [0.3, 0.4) is 0 Å². The average molecular weight is 357 g/mol. The third-order valence-electron chi connectivity index (χ3n) is 5.01. The summed E-state index contributed by atoms with van der Waals surface area (Å²) in [5.74, 6) is -1.29. The van der Waals surface area contributed by atoms with Gasteiger partial charge in [-0.1, -0.05) is 60.7 Å². The molecule has 1 aliphatic heterocycles. The predicted molar refractivity (Wildman–Crippen MR) is 99.9 cm³/mol. The van der Waals surface area contributed by atoms with E-state index < -0.39 is 23.3 Å². The van der Waals surface area contributed by atoms with Gasteiger partial charge in [-0.05, 0) is 18.1 Å². The van der Waals surface area contributed by atoms with E-state index in [-0.39, 0.29) is 0 Å². The second-order valence-corrected chi connectivity index (χ2v) is 6.45. The van der Waals surface area contributed by atoms with E-state index in [4.69, 9.17) is 4.74 Å². The molecule has 2 aromatic carbocycles. The highest BCUT2D eigenvalue weighted by Crippen LogP contribution is 2.52. The second kappa shape index (κ2) is 7.35. The number of benzene rings is 2. The standard InChI is InChI=1S/C22H19N3O2/c1-15-18(21(26)27-2)19(16-9-5-3-6-10-16)22(13-23,14-24)20(25-15)17-11-7-4-8-12-17/h3-12,19-20,25H,1-2H3. The highest BCUT2D eigenvalue weighted by atomic mass is 16.5. The van der Waals surface area contributed by atoms with E-state index in [1.54, 1.807) is 6.92 Å². The Hall–Kier alpha value is -3.57. The van der Waals surface area contributed by atoms with Crippen molar-refractivity contribution in [1.29, 1.82) is 10.5 Å². The van der Waals surface area contributed by atoms with Crippen LogP contribution in [0.2, 0.25) is 0 Å². The van der Waals surface area contributed by atoms with E-state index in [9.17, 15) is 15.3 Å². The Morgan fingerprint density at radius 1 is 1.00 bits per heavy atom. The number of allylic oxidation sites excluding steroid dienone is 1. The minimum Gasteiger partial charge on any atom is -0.466 e. The van der Waals surface area contributed by atoms with Gasteiger partial charge in [0.25, 0.3) is 0 Å². The number of esters is 1. The molecule has 0 saturated carbocycles. The van der Waals surface area contributed by atoms with E-state index in [0.717, 1.165) is 11.1 Å². The summed E-state index contributed by atoms with van der Waals surface area (Å²) < 4.78 is 4.98. The van der Waals surface area contributed by atoms with Gasteiger partial charge in [0.1, 0.15) is 0 Å². The maximum atomic E-state index is 12.6. The highest BCUT2D eigenvalue weighted by Gasteiger charge is 2.54. The molecule has 1 N–H and O–H groups in total. The first kappa shape index (κ1) is 18.2. The minimum atomic E-state index is -1.52. The summed E-state index contributed by atoms with van der Waals surface area (Å²) in [4.78, 5) is 12.6. The summed E-state index contributed by atoms with van der Waals surface area (Å²) in [6, 6.07) is 22.4. The molecule has 5 heteroatoms. The molecule has 0 aliphatic carbocycles. The third-order valence-corrected chi connectivity index (χ3v) is 5.01. The van der Waals surface area contributed by atoms with Crippen LogP contribution in [0.25, 0.3) is 0 Å². The van der Waals surface area contributed by atoms with Crippen LogP contribution < -0.4 is 5.32 Å². The van der Waals surface area contributed by atoms with Gasteiger partial charge in [0.2, 0.25) is 0 Å². The maximum absolute atomic E-state index is 12.6. The molecular weight excluding hydrogens is 338 g/mol. The van der Waals surface area contributed by atoms with Crippen LogP contribution in [0, 0.1) is 28.1 Å². The molecule has 0 radical (unpaired) electrons. The third kappa shape index (κ3) is 2.94. The number of hydrogen-bond donors (Lipinski definition) is 1. The number of ether oxygens (including phenoxy) is 1. The molecule has 0 saturated heterocycles. The molecule has 2 atom stereocenters. The van der Waals surface area contributed by atoms with Crippen LogP contribution in [-0.4, -0.2) is 13.1 Å². The Balaban J connectivity index is 2.32. The summed E-state index contributed by atoms with van der Waals surface area (Å²) in [5, 5.41) is 23.6. The highest BCUT2D eigenvalue weighted by molar-refractivity contribution is 5.92. The first-order chi connectivity index (χ1) is 13.1. The van der Waals surface area contributed by atoms with Gasteiger partial charge in [-0.15, -0.1) is 0 Å². The quantitative estimate of drug-likeness (QED) is 0.848. The number of carbonyl (C=O) groups is 1. The molecule has 1 heterocycles. The van der Waals surface area contributed by atoms with Gasteiger partial charge in [0.15, 0.2) is 5.41 Å². The lowest BCUT2D eigenvalue weighted by Gasteiger charge is -2.42. The second-order valence-electron chi connectivity index (χ2n) is 6.45. The fourth-order valence-corrected chi connectivity index (χ4v) is 3.75. The zero-order chi connectivity index (χ0) is 19.4. The fourth-order valence-electron chi connectivity index (χ4n) is 3.75. The zero-order valence-electron chi connectivity index (χ0n) is 15.1. The van der Waals surface area contributed by atoms with Gasteiger partial charge >= 0.3 is 5.97 Å². The van der Waals surface area contributed by atoms with Gasteiger partial charge in [0.05, 0.1) is 36.8 Å². The summed E-state index contributed by atoms with van der Waals surface area (Å²) in [7, 11) is 1.30. The predicted octanol–water partition coefficient (Wildman–Crippen LogP) is 3.60. The van der Waals surface area contributed by atoms with Crippen molar-refractivity contribution in [3.63, 3.8) is 0 Å². The van der Waals surface area contributed by atoms with Crippen molar-refractivity contribution in [3.05, 3.63) is 83.1 Å². The Morgan fingerprint density at radius 2 is 1.52 bits per heavy atom. The average Bonchev–Trinajstić information content (AvgIpc) is 2.73. The Kier molecular flexibility index (Phi) is 4.96. The van der Waals surface area contributed by atoms with E-state index in [0.29, 0.717) is 11.3 Å². The summed E-state index contributed by atoms with van der Waals surface area (Å²) >= 11 is 0. The van der Waals surface area contributed by atoms with Crippen LogP contribution in [-0.2, 0) is 9.53 Å². The van der Waals surface area contributed by atoms with Gasteiger partial charge in [-0.3, -0.25) is 0 Å². The van der Waals surface area contributed by atoms with Gasteiger partial charge < -0.3 is 10.1 Å². The molecule has 0 bridgehead atoms. The topological polar surface area (TPSA) is 85.9 Å². The van der Waals surface area contributed by atoms with E-state index >= 15 is 0 Å². The van der Waals surface area contributed by atoms with Crippen LogP contribution in [0.4, 0.5) is 0 Å². The first-order valence-electron chi connectivity index (χ1n) is 8.57. The van der Waals surface area contributed by atoms with E-state index in [1.165, 1.54) is 7.11 Å². The first-order valence-corrected chi connectivity index (χ1v) is 8.57. The molecule has 1 aliphatic rings. The summed E-state index contributed by atoms with van der Waals surface area (Å²) in [5.41, 5.74) is 0.920. The number of nitrogens with one attached hydrogen (secondary N) is 1. The Bertz CT molecular complexity index is 939. The molecule has 27 heavy (non-hydrogen) atoms. The molecule has 0 amide bonds. The fraction of sp³-hybridized carbons (Fsp3) is 0.227. The summed E-state index contributed by atoms with van der Waals surface area (Å²) in [6.45, 7) is 1.77. The SMILES string of the molecule is COC(=O)C1=C(C)NC(c2ccccc2)C(C#N)(C#N)C1c1ccccc1. The van der Waals surface area contributed by atoms with Gasteiger partial charge in [0, 0.05) is 5.70 Å². The lowest BCUT2D eigenvalue weighted by Crippen LogP contribution is -2.47. The molecule has 0 spiro atoms. The lowest BCUT2D eigenvalue weighted by atomic mass is 9.62. The Morgan fingerprint density at radius 3 is 2.00 bits per heavy atom. The number of methoxy groups -OCH3 is 1. The monoisotopic (exact) mass is 357 g/mol. The molecule has 3 rings (SSSR count). The number of hydrogen-bond acceptors (Lipinski definition) is 5. The van der Waals surface area contributed by atoms with Crippen molar-refractivity contribution in [1.82, 2.24) is 5.32 Å².